The first-order chi connectivity index (χ1) is 8.86. The third-order valence-corrected chi connectivity index (χ3v) is 2.99. The third-order valence-electron chi connectivity index (χ3n) is 2.36. The van der Waals surface area contributed by atoms with Gasteiger partial charge in [0, 0.05) is 5.38 Å². The summed E-state index contributed by atoms with van der Waals surface area (Å²) in [5.74, 6) is 6.31. The van der Waals surface area contributed by atoms with Crippen LogP contribution < -0.4 is 16.6 Å². The van der Waals surface area contributed by atoms with Crippen molar-refractivity contribution in [3.05, 3.63) is 22.8 Å². The Kier molecular flexibility index (Phi) is 2.74. The third kappa shape index (κ3) is 1.96. The number of nitrogen functional groups attached to an aromatic ring is 1. The van der Waals surface area contributed by atoms with Crippen LogP contribution in [0.25, 0.3) is 11.0 Å². The Morgan fingerprint density at radius 2 is 2.33 bits per heavy atom. The molecule has 0 amide bonds. The van der Waals surface area contributed by atoms with Gasteiger partial charge in [-0.05, 0) is 0 Å². The summed E-state index contributed by atoms with van der Waals surface area (Å²) < 4.78 is 0. The van der Waals surface area contributed by atoms with Crippen LogP contribution in [-0.2, 0) is 6.54 Å². The topological polar surface area (TPSA) is 117 Å². The van der Waals surface area contributed by atoms with Gasteiger partial charge < -0.3 is 5.32 Å². The SMILES string of the molecule is NNc1nc(NCc2cscn2)c2cn[nH]c2n1. The molecular formula is C9H10N8S. The molecule has 0 fully saturated rings. The van der Waals surface area contributed by atoms with E-state index in [1.165, 1.54) is 0 Å². The van der Waals surface area contributed by atoms with Gasteiger partial charge in [0.1, 0.15) is 5.82 Å². The molecule has 0 radical (unpaired) electrons. The zero-order chi connectivity index (χ0) is 12.4. The van der Waals surface area contributed by atoms with Gasteiger partial charge in [-0.15, -0.1) is 11.3 Å². The van der Waals surface area contributed by atoms with Gasteiger partial charge in [-0.1, -0.05) is 0 Å². The Balaban J connectivity index is 1.92. The first-order valence-corrected chi connectivity index (χ1v) is 6.10. The van der Waals surface area contributed by atoms with Crippen molar-refractivity contribution in [2.75, 3.05) is 10.7 Å². The Morgan fingerprint density at radius 1 is 1.39 bits per heavy atom. The fourth-order valence-electron chi connectivity index (χ4n) is 1.53. The van der Waals surface area contributed by atoms with Crippen LogP contribution >= 0.6 is 11.3 Å². The number of nitrogens with one attached hydrogen (secondary N) is 3. The molecule has 9 heteroatoms. The molecule has 3 heterocycles. The molecule has 18 heavy (non-hydrogen) atoms. The molecule has 0 aromatic carbocycles. The van der Waals surface area contributed by atoms with E-state index in [9.17, 15) is 0 Å². The Labute approximate surface area is 106 Å². The fourth-order valence-corrected chi connectivity index (χ4v) is 2.09. The molecule has 0 spiro atoms. The monoisotopic (exact) mass is 262 g/mol. The van der Waals surface area contributed by atoms with Crippen molar-refractivity contribution >= 4 is 34.1 Å². The van der Waals surface area contributed by atoms with Gasteiger partial charge in [-0.25, -0.2) is 10.8 Å². The molecular weight excluding hydrogens is 252 g/mol. The predicted molar refractivity (Wildman–Crippen MR) is 68.9 cm³/mol. The van der Waals surface area contributed by atoms with Crippen molar-refractivity contribution in [2.24, 2.45) is 5.84 Å². The molecule has 0 aliphatic rings. The summed E-state index contributed by atoms with van der Waals surface area (Å²) in [5, 5.41) is 12.7. The summed E-state index contributed by atoms with van der Waals surface area (Å²) in [7, 11) is 0. The van der Waals surface area contributed by atoms with E-state index in [0.29, 0.717) is 24.0 Å². The molecule has 3 rings (SSSR count). The number of aromatic amines is 1. The zero-order valence-electron chi connectivity index (χ0n) is 9.21. The molecule has 92 valence electrons. The predicted octanol–water partition coefficient (Wildman–Crippen LogP) is 0.707. The molecule has 0 aliphatic heterocycles. The highest BCUT2D eigenvalue weighted by Crippen LogP contribution is 2.20. The maximum Gasteiger partial charge on any atom is 0.241 e. The lowest BCUT2D eigenvalue weighted by molar-refractivity contribution is 1.04. The minimum atomic E-state index is 0.326. The molecule has 3 aromatic rings. The van der Waals surface area contributed by atoms with Crippen molar-refractivity contribution in [3.63, 3.8) is 0 Å². The van der Waals surface area contributed by atoms with Crippen molar-refractivity contribution < 1.29 is 0 Å². The van der Waals surface area contributed by atoms with E-state index in [1.54, 1.807) is 23.0 Å². The average Bonchev–Trinajstić information content (AvgIpc) is 3.06. The number of aromatic nitrogens is 5. The maximum absolute atomic E-state index is 5.32. The lowest BCUT2D eigenvalue weighted by atomic mass is 10.4. The summed E-state index contributed by atoms with van der Waals surface area (Å²) in [6.45, 7) is 0.588. The number of rotatable bonds is 4. The number of hydrazine groups is 1. The van der Waals surface area contributed by atoms with Crippen molar-refractivity contribution in [1.82, 2.24) is 25.1 Å². The summed E-state index contributed by atoms with van der Waals surface area (Å²) in [6.07, 6.45) is 1.67. The number of fused-ring (bicyclic) bond motifs is 1. The summed E-state index contributed by atoms with van der Waals surface area (Å²) in [5.41, 5.74) is 5.79. The second-order valence-electron chi connectivity index (χ2n) is 3.51. The maximum atomic E-state index is 5.32. The molecule has 0 unspecified atom stereocenters. The number of hydrogen-bond acceptors (Lipinski definition) is 8. The largest absolute Gasteiger partial charge is 0.364 e. The highest BCUT2D eigenvalue weighted by molar-refractivity contribution is 7.07. The first kappa shape index (κ1) is 10.9. The summed E-state index contributed by atoms with van der Waals surface area (Å²) in [6, 6.07) is 0. The highest BCUT2D eigenvalue weighted by atomic mass is 32.1. The van der Waals surface area contributed by atoms with Crippen LogP contribution in [0.3, 0.4) is 0 Å². The Morgan fingerprint density at radius 3 is 3.11 bits per heavy atom. The molecule has 0 bridgehead atoms. The van der Waals surface area contributed by atoms with Crippen molar-refractivity contribution in [3.8, 4) is 0 Å². The first-order valence-electron chi connectivity index (χ1n) is 5.15. The van der Waals surface area contributed by atoms with E-state index in [4.69, 9.17) is 5.84 Å². The van der Waals surface area contributed by atoms with Crippen LogP contribution in [0, 0.1) is 0 Å². The van der Waals surface area contributed by atoms with Crippen LogP contribution in [0.4, 0.5) is 11.8 Å². The highest BCUT2D eigenvalue weighted by Gasteiger charge is 2.08. The van der Waals surface area contributed by atoms with Gasteiger partial charge in [0.25, 0.3) is 0 Å². The normalized spacial score (nSPS) is 10.7. The Bertz CT molecular complexity index is 646. The van der Waals surface area contributed by atoms with E-state index in [0.717, 1.165) is 11.1 Å². The number of thiazole rings is 1. The van der Waals surface area contributed by atoms with Gasteiger partial charge in [0.2, 0.25) is 5.95 Å². The second-order valence-corrected chi connectivity index (χ2v) is 4.22. The standard InChI is InChI=1S/C9H10N8S/c10-16-9-14-7(6-2-13-17-8(6)15-9)11-1-5-3-18-4-12-5/h2-4H,1,10H2,(H3,11,13,14,15,16,17). The van der Waals surface area contributed by atoms with Crippen LogP contribution in [0.5, 0.6) is 0 Å². The van der Waals surface area contributed by atoms with Crippen molar-refractivity contribution in [2.45, 2.75) is 6.54 Å². The quantitative estimate of drug-likeness (QED) is 0.404. The second kappa shape index (κ2) is 4.55. The minimum absolute atomic E-state index is 0.326. The molecule has 0 aliphatic carbocycles. The Hall–Kier alpha value is -2.26. The van der Waals surface area contributed by atoms with Crippen LogP contribution in [0.15, 0.2) is 17.1 Å². The summed E-state index contributed by atoms with van der Waals surface area (Å²) in [4.78, 5) is 12.6. The average molecular weight is 262 g/mol. The van der Waals surface area contributed by atoms with E-state index in [-0.39, 0.29) is 0 Å². The molecule has 8 nitrogen and oxygen atoms in total. The molecule has 0 atom stereocenters. The zero-order valence-corrected chi connectivity index (χ0v) is 10.0. The van der Waals surface area contributed by atoms with Crippen molar-refractivity contribution in [1.29, 1.82) is 0 Å². The van der Waals surface area contributed by atoms with Gasteiger partial charge in [0.05, 0.1) is 29.3 Å². The van der Waals surface area contributed by atoms with E-state index in [2.05, 4.69) is 35.9 Å². The number of hydrogen-bond donors (Lipinski definition) is 4. The van der Waals surface area contributed by atoms with Crippen LogP contribution in [0.1, 0.15) is 5.69 Å². The lowest BCUT2D eigenvalue weighted by Crippen LogP contribution is -2.12. The minimum Gasteiger partial charge on any atom is -0.364 e. The van der Waals surface area contributed by atoms with E-state index >= 15 is 0 Å². The van der Waals surface area contributed by atoms with E-state index < -0.39 is 0 Å². The number of H-pyrrole nitrogens is 1. The number of nitrogens with zero attached hydrogens (tertiary/aromatic N) is 4. The smallest absolute Gasteiger partial charge is 0.241 e. The van der Waals surface area contributed by atoms with Gasteiger partial charge in [-0.3, -0.25) is 10.5 Å². The van der Waals surface area contributed by atoms with Gasteiger partial charge >= 0.3 is 0 Å². The number of anilines is 2. The molecule has 0 saturated heterocycles. The number of nitrogens with two attached hydrogens (primary N) is 1. The van der Waals surface area contributed by atoms with Crippen LogP contribution in [0.2, 0.25) is 0 Å². The molecule has 5 N–H and O–H groups in total. The van der Waals surface area contributed by atoms with Crippen LogP contribution in [-0.4, -0.2) is 25.1 Å². The summed E-state index contributed by atoms with van der Waals surface area (Å²) >= 11 is 1.55. The van der Waals surface area contributed by atoms with Gasteiger partial charge in [0.15, 0.2) is 5.65 Å². The molecule has 3 aromatic heterocycles. The molecule has 0 saturated carbocycles. The fraction of sp³-hybridized carbons (Fsp3) is 0.111. The van der Waals surface area contributed by atoms with E-state index in [1.807, 2.05) is 5.38 Å². The van der Waals surface area contributed by atoms with Gasteiger partial charge in [-0.2, -0.15) is 15.1 Å². The lowest BCUT2D eigenvalue weighted by Gasteiger charge is -2.06.